The van der Waals surface area contributed by atoms with Crippen LogP contribution in [0.1, 0.15) is 6.42 Å². The minimum Gasteiger partial charge on any atom is -0.496 e. The Morgan fingerprint density at radius 2 is 2.17 bits per heavy atom. The van der Waals surface area contributed by atoms with E-state index in [-0.39, 0.29) is 0 Å². The molecule has 0 radical (unpaired) electrons. The molecule has 0 unspecified atom stereocenters. The zero-order chi connectivity index (χ0) is 16.8. The molecule has 0 aliphatic heterocycles. The van der Waals surface area contributed by atoms with Gasteiger partial charge in [0.25, 0.3) is 0 Å². The van der Waals surface area contributed by atoms with E-state index in [0.29, 0.717) is 28.0 Å². The van der Waals surface area contributed by atoms with Crippen LogP contribution in [0.25, 0.3) is 11.4 Å². The second-order valence-corrected chi connectivity index (χ2v) is 6.00. The Hall–Kier alpha value is -1.41. The molecule has 0 amide bonds. The summed E-state index contributed by atoms with van der Waals surface area (Å²) in [5.41, 5.74) is 0.784. The molecule has 0 aliphatic rings. The van der Waals surface area contributed by atoms with Crippen molar-refractivity contribution in [2.75, 3.05) is 34.4 Å². The molecular weight excluding hydrogens is 336 g/mol. The lowest BCUT2D eigenvalue weighted by atomic mass is 10.2. The van der Waals surface area contributed by atoms with Gasteiger partial charge in [0.15, 0.2) is 5.82 Å². The number of halogens is 1. The molecule has 2 rings (SSSR count). The molecule has 8 heteroatoms. The number of aromatic amines is 1. The highest BCUT2D eigenvalue weighted by atomic mass is 35.5. The maximum absolute atomic E-state index is 6.08. The SMILES string of the molecule is COCCCN(C)Cn1[nH]c(-c2cc(Cl)ccc2OC)nc1=S. The fourth-order valence-electron chi connectivity index (χ4n) is 2.23. The summed E-state index contributed by atoms with van der Waals surface area (Å²) in [6, 6.07) is 5.39. The van der Waals surface area contributed by atoms with Crippen molar-refractivity contribution in [2.45, 2.75) is 13.1 Å². The van der Waals surface area contributed by atoms with Crippen LogP contribution in [0.3, 0.4) is 0 Å². The van der Waals surface area contributed by atoms with Gasteiger partial charge in [-0.2, -0.15) is 4.98 Å². The van der Waals surface area contributed by atoms with Crippen LogP contribution in [0.15, 0.2) is 18.2 Å². The van der Waals surface area contributed by atoms with E-state index in [0.717, 1.165) is 25.1 Å². The summed E-state index contributed by atoms with van der Waals surface area (Å²) < 4.78 is 12.7. The highest BCUT2D eigenvalue weighted by Gasteiger charge is 2.12. The van der Waals surface area contributed by atoms with Gasteiger partial charge < -0.3 is 9.47 Å². The summed E-state index contributed by atoms with van der Waals surface area (Å²) in [6.07, 6.45) is 0.962. The molecule has 0 fully saturated rings. The Kier molecular flexibility index (Phi) is 6.59. The first-order chi connectivity index (χ1) is 11.0. The molecule has 1 heterocycles. The summed E-state index contributed by atoms with van der Waals surface area (Å²) in [7, 11) is 5.34. The predicted molar refractivity (Wildman–Crippen MR) is 93.5 cm³/mol. The third kappa shape index (κ3) is 4.78. The van der Waals surface area contributed by atoms with Crippen LogP contribution in [-0.2, 0) is 11.4 Å². The molecule has 6 nitrogen and oxygen atoms in total. The molecule has 0 spiro atoms. The predicted octanol–water partition coefficient (Wildman–Crippen LogP) is 3.20. The van der Waals surface area contributed by atoms with Crippen LogP contribution in [0, 0.1) is 4.77 Å². The maximum Gasteiger partial charge on any atom is 0.217 e. The van der Waals surface area contributed by atoms with Gasteiger partial charge in [0.05, 0.1) is 19.3 Å². The van der Waals surface area contributed by atoms with Gasteiger partial charge in [-0.05, 0) is 43.9 Å². The average molecular weight is 357 g/mol. The van der Waals surface area contributed by atoms with E-state index < -0.39 is 0 Å². The smallest absolute Gasteiger partial charge is 0.217 e. The fourth-order valence-corrected chi connectivity index (χ4v) is 2.60. The van der Waals surface area contributed by atoms with Crippen molar-refractivity contribution in [1.29, 1.82) is 0 Å². The number of nitrogens with zero attached hydrogens (tertiary/aromatic N) is 3. The lowest BCUT2D eigenvalue weighted by molar-refractivity contribution is 0.168. The topological polar surface area (TPSA) is 55.3 Å². The summed E-state index contributed by atoms with van der Waals surface area (Å²) in [4.78, 5) is 6.56. The first kappa shape index (κ1) is 17.9. The zero-order valence-electron chi connectivity index (χ0n) is 13.5. The van der Waals surface area contributed by atoms with Crippen LogP contribution >= 0.6 is 23.8 Å². The molecular formula is C15H21ClN4O2S. The minimum absolute atomic E-state index is 0.487. The van der Waals surface area contributed by atoms with Crippen molar-refractivity contribution in [3.05, 3.63) is 28.0 Å². The van der Waals surface area contributed by atoms with Crippen molar-refractivity contribution in [3.8, 4) is 17.1 Å². The highest BCUT2D eigenvalue weighted by Crippen LogP contribution is 2.30. The Labute approximate surface area is 146 Å². The Balaban J connectivity index is 2.18. The van der Waals surface area contributed by atoms with E-state index in [1.54, 1.807) is 26.4 Å². The average Bonchev–Trinajstić information content (AvgIpc) is 2.88. The lowest BCUT2D eigenvalue weighted by Gasteiger charge is -2.16. The number of hydrogen-bond donors (Lipinski definition) is 1. The molecule has 23 heavy (non-hydrogen) atoms. The second-order valence-electron chi connectivity index (χ2n) is 5.19. The van der Waals surface area contributed by atoms with E-state index in [9.17, 15) is 0 Å². The van der Waals surface area contributed by atoms with Gasteiger partial charge in [-0.1, -0.05) is 11.6 Å². The standard InChI is InChI=1S/C15H21ClN4O2S/c1-19(7-4-8-21-2)10-20-15(23)17-14(18-20)12-9-11(16)5-6-13(12)22-3/h5-6,9H,4,7-8,10H2,1-3H3,(H,17,18,23). The number of hydrogen-bond acceptors (Lipinski definition) is 5. The van der Waals surface area contributed by atoms with Gasteiger partial charge in [0.2, 0.25) is 4.77 Å². The minimum atomic E-state index is 0.487. The van der Waals surface area contributed by atoms with E-state index >= 15 is 0 Å². The summed E-state index contributed by atoms with van der Waals surface area (Å²) >= 11 is 11.4. The zero-order valence-corrected chi connectivity index (χ0v) is 15.1. The van der Waals surface area contributed by atoms with Crippen LogP contribution in [-0.4, -0.2) is 54.1 Å². The monoisotopic (exact) mass is 356 g/mol. The number of rotatable bonds is 8. The van der Waals surface area contributed by atoms with Crippen molar-refractivity contribution < 1.29 is 9.47 Å². The van der Waals surface area contributed by atoms with Gasteiger partial charge in [-0.15, -0.1) is 0 Å². The molecule has 2 aromatic rings. The Morgan fingerprint density at radius 3 is 2.87 bits per heavy atom. The van der Waals surface area contributed by atoms with Gasteiger partial charge in [-0.25, -0.2) is 4.68 Å². The Morgan fingerprint density at radius 1 is 1.39 bits per heavy atom. The number of H-pyrrole nitrogens is 1. The molecule has 1 aromatic heterocycles. The first-order valence-corrected chi connectivity index (χ1v) is 8.02. The number of aromatic nitrogens is 3. The van der Waals surface area contributed by atoms with Crippen molar-refractivity contribution >= 4 is 23.8 Å². The van der Waals surface area contributed by atoms with E-state index in [1.165, 1.54) is 0 Å². The van der Waals surface area contributed by atoms with E-state index in [1.807, 2.05) is 17.8 Å². The maximum atomic E-state index is 6.08. The lowest BCUT2D eigenvalue weighted by Crippen LogP contribution is -2.24. The molecule has 0 saturated heterocycles. The summed E-state index contributed by atoms with van der Waals surface area (Å²) in [6.45, 7) is 2.27. The molecule has 0 atom stereocenters. The van der Waals surface area contributed by atoms with Gasteiger partial charge in [0, 0.05) is 25.3 Å². The number of methoxy groups -OCH3 is 2. The largest absolute Gasteiger partial charge is 0.496 e. The number of benzene rings is 1. The third-order valence-corrected chi connectivity index (χ3v) is 3.91. The van der Waals surface area contributed by atoms with Crippen molar-refractivity contribution in [1.82, 2.24) is 19.7 Å². The van der Waals surface area contributed by atoms with Gasteiger partial charge in [0.1, 0.15) is 5.75 Å². The number of ether oxygens (including phenoxy) is 2. The quantitative estimate of drug-likeness (QED) is 0.581. The molecule has 1 N–H and O–H groups in total. The molecule has 0 saturated carbocycles. The van der Waals surface area contributed by atoms with Crippen LogP contribution < -0.4 is 4.74 Å². The highest BCUT2D eigenvalue weighted by molar-refractivity contribution is 7.71. The summed E-state index contributed by atoms with van der Waals surface area (Å²) in [5.74, 6) is 1.33. The molecule has 126 valence electrons. The van der Waals surface area contributed by atoms with Crippen molar-refractivity contribution in [3.63, 3.8) is 0 Å². The van der Waals surface area contributed by atoms with Crippen LogP contribution in [0.5, 0.6) is 5.75 Å². The van der Waals surface area contributed by atoms with Crippen molar-refractivity contribution in [2.24, 2.45) is 0 Å². The summed E-state index contributed by atoms with van der Waals surface area (Å²) in [5, 5.41) is 3.83. The fraction of sp³-hybridized carbons (Fsp3) is 0.467. The molecule has 1 aromatic carbocycles. The number of nitrogens with one attached hydrogen (secondary N) is 1. The van der Waals surface area contributed by atoms with Gasteiger partial charge in [-0.3, -0.25) is 10.00 Å². The normalized spacial score (nSPS) is 11.2. The third-order valence-electron chi connectivity index (χ3n) is 3.37. The first-order valence-electron chi connectivity index (χ1n) is 7.23. The Bertz CT molecular complexity index is 701. The second kappa shape index (κ2) is 8.44. The van der Waals surface area contributed by atoms with Gasteiger partial charge >= 0.3 is 0 Å². The van der Waals surface area contributed by atoms with E-state index in [4.69, 9.17) is 33.3 Å². The molecule has 0 aliphatic carbocycles. The van der Waals surface area contributed by atoms with Crippen LogP contribution in [0.4, 0.5) is 0 Å². The van der Waals surface area contributed by atoms with E-state index in [2.05, 4.69) is 15.0 Å². The molecule has 0 bridgehead atoms. The van der Waals surface area contributed by atoms with Crippen LogP contribution in [0.2, 0.25) is 5.02 Å².